The molecule has 0 aromatic carbocycles. The van der Waals surface area contributed by atoms with E-state index in [0.717, 1.165) is 59.7 Å². The van der Waals surface area contributed by atoms with Crippen molar-refractivity contribution < 1.29 is 9.53 Å². The van der Waals surface area contributed by atoms with Gasteiger partial charge < -0.3 is 20.8 Å². The number of ether oxygens (including phenoxy) is 1. The summed E-state index contributed by atoms with van der Waals surface area (Å²) >= 11 is 0. The number of alkyl carbamates (subject to hydrolysis) is 1. The van der Waals surface area contributed by atoms with Crippen molar-refractivity contribution in [2.45, 2.75) is 78.0 Å². The van der Waals surface area contributed by atoms with E-state index in [0.29, 0.717) is 11.5 Å². The molecule has 11 nitrogen and oxygen atoms in total. The van der Waals surface area contributed by atoms with Crippen LogP contribution in [-0.4, -0.2) is 38.4 Å². The standard InChI is InChI=1S/C29H37N9O2/c1-18(2)33-24-13-23(26-11-10-22-12-19(14-30)15-32-38(22)26)31-16-27(24)37-17-25(35-36-37)20-6-8-21(9-7-20)34-28(39)40-29(3,4)5/h10-13,15-18,20-21,35-36H,6-9H2,1-5H3,(H,31,33)(H,34,39). The number of nitrogens with one attached hydrogen (secondary N) is 4. The third-order valence-electron chi connectivity index (χ3n) is 6.96. The molecule has 0 saturated heterocycles. The number of pyridine rings is 1. The summed E-state index contributed by atoms with van der Waals surface area (Å²) in [6.45, 7) is 9.82. The van der Waals surface area contributed by atoms with Crippen LogP contribution in [0.25, 0.3) is 16.9 Å². The molecule has 40 heavy (non-hydrogen) atoms. The number of carbonyl (C=O) groups is 1. The van der Waals surface area contributed by atoms with Gasteiger partial charge in [-0.1, -0.05) is 0 Å². The third-order valence-corrected chi connectivity index (χ3v) is 6.96. The van der Waals surface area contributed by atoms with Crippen LogP contribution >= 0.6 is 0 Å². The fourth-order valence-corrected chi connectivity index (χ4v) is 5.15. The Bertz CT molecular complexity index is 1460. The maximum Gasteiger partial charge on any atom is 0.407 e. The van der Waals surface area contributed by atoms with E-state index in [4.69, 9.17) is 9.72 Å². The first kappa shape index (κ1) is 27.3. The van der Waals surface area contributed by atoms with Crippen LogP contribution in [0, 0.1) is 17.2 Å². The number of fused-ring (bicyclic) bond motifs is 1. The fourth-order valence-electron chi connectivity index (χ4n) is 5.15. The number of allylic oxidation sites excluding steroid dienone is 1. The van der Waals surface area contributed by atoms with Crippen molar-refractivity contribution in [2.75, 3.05) is 10.3 Å². The molecule has 0 bridgehead atoms. The molecule has 11 heteroatoms. The number of nitrogens with zero attached hydrogens (tertiary/aromatic N) is 5. The molecule has 1 saturated carbocycles. The van der Waals surface area contributed by atoms with Gasteiger partial charge in [0.1, 0.15) is 17.4 Å². The van der Waals surface area contributed by atoms with E-state index in [1.54, 1.807) is 10.7 Å². The number of hydrazine groups is 2. The summed E-state index contributed by atoms with van der Waals surface area (Å²) in [7, 11) is 0. The second-order valence-corrected chi connectivity index (χ2v) is 11.7. The maximum atomic E-state index is 12.2. The highest BCUT2D eigenvalue weighted by atomic mass is 16.6. The summed E-state index contributed by atoms with van der Waals surface area (Å²) in [4.78, 5) is 16.9. The molecule has 0 unspecified atom stereocenters. The Balaban J connectivity index is 1.30. The highest BCUT2D eigenvalue weighted by molar-refractivity contribution is 5.76. The Morgan fingerprint density at radius 3 is 2.65 bits per heavy atom. The molecule has 0 atom stereocenters. The van der Waals surface area contributed by atoms with E-state index in [1.807, 2.05) is 56.2 Å². The fraction of sp³-hybridized carbons (Fsp3) is 0.448. The Morgan fingerprint density at radius 2 is 1.95 bits per heavy atom. The molecule has 0 radical (unpaired) electrons. The number of aromatic nitrogens is 3. The lowest BCUT2D eigenvalue weighted by atomic mass is 9.84. The lowest BCUT2D eigenvalue weighted by molar-refractivity contribution is 0.0489. The van der Waals surface area contributed by atoms with Crippen molar-refractivity contribution in [3.63, 3.8) is 0 Å². The number of nitriles is 1. The predicted molar refractivity (Wildman–Crippen MR) is 154 cm³/mol. The molecule has 1 fully saturated rings. The molecule has 4 heterocycles. The van der Waals surface area contributed by atoms with Gasteiger partial charge >= 0.3 is 6.09 Å². The molecule has 1 aliphatic carbocycles. The van der Waals surface area contributed by atoms with Crippen molar-refractivity contribution in [3.8, 4) is 17.5 Å². The number of rotatable bonds is 6. The maximum absolute atomic E-state index is 12.2. The van der Waals surface area contributed by atoms with Crippen LogP contribution in [0.4, 0.5) is 16.2 Å². The van der Waals surface area contributed by atoms with Gasteiger partial charge in [-0.3, -0.25) is 9.99 Å². The first-order chi connectivity index (χ1) is 19.1. The molecular weight excluding hydrogens is 506 g/mol. The molecule has 3 aromatic rings. The minimum atomic E-state index is -0.500. The number of carbonyl (C=O) groups excluding carboxylic acids is 1. The molecule has 210 valence electrons. The van der Waals surface area contributed by atoms with Gasteiger partial charge in [-0.05, 0) is 84.6 Å². The molecule has 1 amide bonds. The SMILES string of the molecule is CC(C)Nc1cc(-c2ccc3cc(C#N)cnn23)ncc1N1C=C(C2CCC(NC(=O)OC(C)(C)C)CC2)NN1. The van der Waals surface area contributed by atoms with Crippen LogP contribution in [0.15, 0.2) is 48.6 Å². The third kappa shape index (κ3) is 6.13. The van der Waals surface area contributed by atoms with Gasteiger partial charge in [0.05, 0.1) is 40.5 Å². The van der Waals surface area contributed by atoms with Gasteiger partial charge in [0.2, 0.25) is 0 Å². The van der Waals surface area contributed by atoms with Crippen LogP contribution < -0.4 is 26.6 Å². The minimum Gasteiger partial charge on any atom is -0.444 e. The van der Waals surface area contributed by atoms with E-state index in [-0.39, 0.29) is 18.2 Å². The quantitative estimate of drug-likeness (QED) is 0.345. The number of anilines is 2. The summed E-state index contributed by atoms with van der Waals surface area (Å²) in [5, 5.41) is 22.2. The van der Waals surface area contributed by atoms with E-state index < -0.39 is 5.60 Å². The zero-order valence-corrected chi connectivity index (χ0v) is 23.7. The normalized spacial score (nSPS) is 19.2. The lowest BCUT2D eigenvalue weighted by Crippen LogP contribution is -2.42. The summed E-state index contributed by atoms with van der Waals surface area (Å²) < 4.78 is 7.21. The second-order valence-electron chi connectivity index (χ2n) is 11.7. The lowest BCUT2D eigenvalue weighted by Gasteiger charge is -2.30. The molecule has 3 aromatic heterocycles. The van der Waals surface area contributed by atoms with Crippen molar-refractivity contribution >= 4 is 23.0 Å². The zero-order chi connectivity index (χ0) is 28.4. The van der Waals surface area contributed by atoms with Crippen molar-refractivity contribution in [1.29, 1.82) is 5.26 Å². The van der Waals surface area contributed by atoms with E-state index >= 15 is 0 Å². The molecule has 5 rings (SSSR count). The first-order valence-electron chi connectivity index (χ1n) is 13.8. The number of hydrogen-bond acceptors (Lipinski definition) is 9. The van der Waals surface area contributed by atoms with Crippen LogP contribution in [0.1, 0.15) is 65.9 Å². The monoisotopic (exact) mass is 543 g/mol. The molecule has 1 aliphatic heterocycles. The molecule has 4 N–H and O–H groups in total. The van der Waals surface area contributed by atoms with Crippen LogP contribution in [0.3, 0.4) is 0 Å². The summed E-state index contributed by atoms with van der Waals surface area (Å²) in [6.07, 6.45) is 8.87. The van der Waals surface area contributed by atoms with Gasteiger partial charge in [-0.25, -0.2) is 9.31 Å². The van der Waals surface area contributed by atoms with E-state index in [9.17, 15) is 10.1 Å². The van der Waals surface area contributed by atoms with Gasteiger partial charge in [0.25, 0.3) is 0 Å². The topological polar surface area (TPSA) is 132 Å². The molecule has 0 spiro atoms. The predicted octanol–water partition coefficient (Wildman–Crippen LogP) is 4.84. The van der Waals surface area contributed by atoms with Crippen LogP contribution in [0.2, 0.25) is 0 Å². The van der Waals surface area contributed by atoms with Gasteiger partial charge in [-0.2, -0.15) is 10.4 Å². The van der Waals surface area contributed by atoms with Crippen molar-refractivity contribution in [3.05, 3.63) is 54.1 Å². The average Bonchev–Trinajstić information content (AvgIpc) is 3.55. The Morgan fingerprint density at radius 1 is 1.18 bits per heavy atom. The Labute approximate surface area is 234 Å². The van der Waals surface area contributed by atoms with E-state index in [2.05, 4.69) is 52.8 Å². The van der Waals surface area contributed by atoms with Gasteiger partial charge in [0, 0.05) is 29.9 Å². The number of amides is 1. The van der Waals surface area contributed by atoms with Gasteiger partial charge in [-0.15, -0.1) is 5.53 Å². The zero-order valence-electron chi connectivity index (χ0n) is 23.7. The molecule has 2 aliphatic rings. The van der Waals surface area contributed by atoms with E-state index in [1.165, 1.54) is 0 Å². The summed E-state index contributed by atoms with van der Waals surface area (Å²) in [5.74, 6) is 0.361. The molecular formula is C29H37N9O2. The highest BCUT2D eigenvalue weighted by Crippen LogP contribution is 2.34. The van der Waals surface area contributed by atoms with Crippen molar-refractivity contribution in [2.24, 2.45) is 5.92 Å². The average molecular weight is 544 g/mol. The Hall–Kier alpha value is -4.30. The second kappa shape index (κ2) is 11.1. The Kier molecular flexibility index (Phi) is 7.54. The van der Waals surface area contributed by atoms with Crippen LogP contribution in [-0.2, 0) is 4.74 Å². The minimum absolute atomic E-state index is 0.127. The highest BCUT2D eigenvalue weighted by Gasteiger charge is 2.29. The smallest absolute Gasteiger partial charge is 0.407 e. The summed E-state index contributed by atoms with van der Waals surface area (Å²) in [5.41, 5.74) is 12.0. The first-order valence-corrected chi connectivity index (χ1v) is 13.8. The van der Waals surface area contributed by atoms with Gasteiger partial charge in [0.15, 0.2) is 0 Å². The summed E-state index contributed by atoms with van der Waals surface area (Å²) in [6, 6.07) is 10.2. The van der Waals surface area contributed by atoms with Crippen molar-refractivity contribution in [1.82, 2.24) is 30.9 Å². The largest absolute Gasteiger partial charge is 0.444 e. The van der Waals surface area contributed by atoms with Crippen LogP contribution in [0.5, 0.6) is 0 Å². The number of hydrogen-bond donors (Lipinski definition) is 4.